The molecule has 1 aliphatic rings. The lowest BCUT2D eigenvalue weighted by molar-refractivity contribution is 0.0951. The summed E-state index contributed by atoms with van der Waals surface area (Å²) in [7, 11) is 0. The maximum absolute atomic E-state index is 12.4. The van der Waals surface area contributed by atoms with E-state index in [0.717, 1.165) is 35.6 Å². The van der Waals surface area contributed by atoms with Crippen LogP contribution in [-0.4, -0.2) is 24.0 Å². The summed E-state index contributed by atoms with van der Waals surface area (Å²) in [5.41, 5.74) is 3.92. The zero-order valence-corrected chi connectivity index (χ0v) is 15.3. The molecule has 2 heterocycles. The molecule has 1 N–H and O–H groups in total. The van der Waals surface area contributed by atoms with Crippen LogP contribution in [0.15, 0.2) is 72.9 Å². The quantitative estimate of drug-likeness (QED) is 0.741. The number of hydrogen-bond donors (Lipinski definition) is 1. The topological polar surface area (TPSA) is 45.2 Å². The second-order valence-corrected chi connectivity index (χ2v) is 6.84. The number of amides is 1. The molecule has 0 unspecified atom stereocenters. The molecule has 4 nitrogen and oxygen atoms in total. The van der Waals surface area contributed by atoms with Gasteiger partial charge >= 0.3 is 0 Å². The minimum Gasteiger partial charge on any atom is -0.357 e. The van der Waals surface area contributed by atoms with Gasteiger partial charge in [0.2, 0.25) is 0 Å². The molecule has 136 valence electrons. The third-order valence-corrected chi connectivity index (χ3v) is 4.95. The van der Waals surface area contributed by atoms with Crippen molar-refractivity contribution in [1.29, 1.82) is 0 Å². The van der Waals surface area contributed by atoms with Gasteiger partial charge in [0.1, 0.15) is 5.82 Å². The Morgan fingerprint density at radius 1 is 0.889 bits per heavy atom. The van der Waals surface area contributed by atoms with Crippen LogP contribution in [0.1, 0.15) is 28.8 Å². The lowest BCUT2D eigenvalue weighted by Gasteiger charge is -2.16. The summed E-state index contributed by atoms with van der Waals surface area (Å²) in [6.07, 6.45) is 4.33. The van der Waals surface area contributed by atoms with E-state index in [-0.39, 0.29) is 5.91 Å². The number of carbonyl (C=O) groups is 1. The number of anilines is 1. The maximum atomic E-state index is 12.4. The molecule has 4 rings (SSSR count). The van der Waals surface area contributed by atoms with Gasteiger partial charge in [0.15, 0.2) is 0 Å². The molecule has 0 bridgehead atoms. The van der Waals surface area contributed by atoms with E-state index in [9.17, 15) is 4.79 Å². The Hall–Kier alpha value is -3.14. The molecule has 4 heteroatoms. The van der Waals surface area contributed by atoms with Crippen molar-refractivity contribution < 1.29 is 4.79 Å². The molecule has 1 fully saturated rings. The first kappa shape index (κ1) is 17.3. The largest absolute Gasteiger partial charge is 0.357 e. The highest BCUT2D eigenvalue weighted by molar-refractivity contribution is 5.94. The first-order valence-electron chi connectivity index (χ1n) is 9.43. The fraction of sp³-hybridized carbons (Fsp3) is 0.217. The summed E-state index contributed by atoms with van der Waals surface area (Å²) in [6.45, 7) is 2.65. The molecular formula is C23H23N3O. The van der Waals surface area contributed by atoms with Crippen LogP contribution in [0, 0.1) is 0 Å². The van der Waals surface area contributed by atoms with Gasteiger partial charge in [-0.25, -0.2) is 4.98 Å². The van der Waals surface area contributed by atoms with Crippen LogP contribution in [0.5, 0.6) is 0 Å². The van der Waals surface area contributed by atoms with Crippen molar-refractivity contribution in [2.45, 2.75) is 19.4 Å². The van der Waals surface area contributed by atoms with E-state index in [1.54, 1.807) is 0 Å². The van der Waals surface area contributed by atoms with Crippen LogP contribution in [0.4, 0.5) is 5.82 Å². The average Bonchev–Trinajstić information content (AvgIpc) is 3.28. The van der Waals surface area contributed by atoms with Crippen molar-refractivity contribution >= 4 is 11.7 Å². The standard InChI is InChI=1S/C23H23N3O/c27-23(21-11-9-20(10-12-21)19-6-2-1-3-7-19)25-17-18-8-13-22(24-16-18)26-14-4-5-15-26/h1-3,6-13,16H,4-5,14-15,17H2,(H,25,27). The number of carbonyl (C=O) groups excluding carboxylic acids is 1. The van der Waals surface area contributed by atoms with Gasteiger partial charge in [0.25, 0.3) is 5.91 Å². The smallest absolute Gasteiger partial charge is 0.251 e. The summed E-state index contributed by atoms with van der Waals surface area (Å²) in [4.78, 5) is 19.2. The van der Waals surface area contributed by atoms with Crippen LogP contribution in [0.25, 0.3) is 11.1 Å². The van der Waals surface area contributed by atoms with Gasteiger partial charge < -0.3 is 10.2 Å². The SMILES string of the molecule is O=C(NCc1ccc(N2CCCC2)nc1)c1ccc(-c2ccccc2)cc1. The minimum absolute atomic E-state index is 0.0711. The first-order chi connectivity index (χ1) is 13.3. The Morgan fingerprint density at radius 3 is 2.26 bits per heavy atom. The number of rotatable bonds is 5. The van der Waals surface area contributed by atoms with Crippen LogP contribution in [0.3, 0.4) is 0 Å². The molecule has 0 spiro atoms. The molecule has 3 aromatic rings. The van der Waals surface area contributed by atoms with Crippen molar-refractivity contribution in [1.82, 2.24) is 10.3 Å². The van der Waals surface area contributed by atoms with E-state index in [1.165, 1.54) is 12.8 Å². The van der Waals surface area contributed by atoms with Gasteiger partial charge in [-0.3, -0.25) is 4.79 Å². The van der Waals surface area contributed by atoms with Gasteiger partial charge in [-0.2, -0.15) is 0 Å². The number of benzene rings is 2. The second-order valence-electron chi connectivity index (χ2n) is 6.84. The minimum atomic E-state index is -0.0711. The Balaban J connectivity index is 1.35. The zero-order chi connectivity index (χ0) is 18.5. The highest BCUT2D eigenvalue weighted by Crippen LogP contribution is 2.20. The number of nitrogens with one attached hydrogen (secondary N) is 1. The van der Waals surface area contributed by atoms with Gasteiger partial charge in [-0.05, 0) is 47.7 Å². The lowest BCUT2D eigenvalue weighted by atomic mass is 10.0. The molecule has 1 saturated heterocycles. The van der Waals surface area contributed by atoms with E-state index in [0.29, 0.717) is 12.1 Å². The van der Waals surface area contributed by atoms with Crippen molar-refractivity contribution in [2.75, 3.05) is 18.0 Å². The third-order valence-electron chi connectivity index (χ3n) is 4.95. The molecule has 0 radical (unpaired) electrons. The van der Waals surface area contributed by atoms with Gasteiger partial charge in [-0.1, -0.05) is 48.5 Å². The highest BCUT2D eigenvalue weighted by atomic mass is 16.1. The fourth-order valence-electron chi connectivity index (χ4n) is 3.38. The molecule has 1 aromatic heterocycles. The van der Waals surface area contributed by atoms with E-state index < -0.39 is 0 Å². The van der Waals surface area contributed by atoms with Crippen molar-refractivity contribution in [2.24, 2.45) is 0 Å². The Morgan fingerprint density at radius 2 is 1.59 bits per heavy atom. The zero-order valence-electron chi connectivity index (χ0n) is 15.3. The van der Waals surface area contributed by atoms with E-state index in [4.69, 9.17) is 0 Å². The third kappa shape index (κ3) is 4.17. The van der Waals surface area contributed by atoms with Crippen LogP contribution < -0.4 is 10.2 Å². The number of nitrogens with zero attached hydrogens (tertiary/aromatic N) is 2. The number of pyridine rings is 1. The average molecular weight is 357 g/mol. The summed E-state index contributed by atoms with van der Waals surface area (Å²) in [6, 6.07) is 21.9. The Bertz CT molecular complexity index is 883. The van der Waals surface area contributed by atoms with Crippen molar-refractivity contribution in [3.8, 4) is 11.1 Å². The van der Waals surface area contributed by atoms with Crippen LogP contribution >= 0.6 is 0 Å². The van der Waals surface area contributed by atoms with Crippen molar-refractivity contribution in [3.05, 3.63) is 84.1 Å². The molecule has 27 heavy (non-hydrogen) atoms. The maximum Gasteiger partial charge on any atom is 0.251 e. The summed E-state index contributed by atoms with van der Waals surface area (Å²) >= 11 is 0. The molecule has 0 aliphatic carbocycles. The van der Waals surface area contributed by atoms with Gasteiger partial charge in [0, 0.05) is 31.4 Å². The van der Waals surface area contributed by atoms with Crippen molar-refractivity contribution in [3.63, 3.8) is 0 Å². The van der Waals surface area contributed by atoms with E-state index in [1.807, 2.05) is 60.8 Å². The monoisotopic (exact) mass is 357 g/mol. The predicted molar refractivity (Wildman–Crippen MR) is 109 cm³/mol. The molecule has 0 saturated carbocycles. The normalized spacial score (nSPS) is 13.6. The lowest BCUT2D eigenvalue weighted by Crippen LogP contribution is -2.23. The Kier molecular flexibility index (Phi) is 5.15. The summed E-state index contributed by atoms with van der Waals surface area (Å²) < 4.78 is 0. The Labute approximate surface area is 159 Å². The number of hydrogen-bond acceptors (Lipinski definition) is 3. The first-order valence-corrected chi connectivity index (χ1v) is 9.43. The summed E-state index contributed by atoms with van der Waals surface area (Å²) in [5, 5.41) is 2.97. The molecule has 0 atom stereocenters. The predicted octanol–water partition coefficient (Wildman–Crippen LogP) is 4.28. The number of aromatic nitrogens is 1. The highest BCUT2D eigenvalue weighted by Gasteiger charge is 2.13. The molecule has 2 aromatic carbocycles. The molecule has 1 aliphatic heterocycles. The second kappa shape index (κ2) is 8.04. The van der Waals surface area contributed by atoms with E-state index >= 15 is 0 Å². The van der Waals surface area contributed by atoms with E-state index in [2.05, 4.69) is 27.3 Å². The summed E-state index contributed by atoms with van der Waals surface area (Å²) in [5.74, 6) is 0.956. The molecule has 1 amide bonds. The van der Waals surface area contributed by atoms with Gasteiger partial charge in [0.05, 0.1) is 0 Å². The van der Waals surface area contributed by atoms with Crippen LogP contribution in [0.2, 0.25) is 0 Å². The van der Waals surface area contributed by atoms with Gasteiger partial charge in [-0.15, -0.1) is 0 Å². The molecular weight excluding hydrogens is 334 g/mol. The fourth-order valence-corrected chi connectivity index (χ4v) is 3.38. The van der Waals surface area contributed by atoms with Crippen LogP contribution in [-0.2, 0) is 6.54 Å².